The third-order valence-electron chi connectivity index (χ3n) is 1.65. The molecule has 0 saturated heterocycles. The summed E-state index contributed by atoms with van der Waals surface area (Å²) in [5, 5.41) is 0. The minimum absolute atomic E-state index is 1.42. The van der Waals surface area contributed by atoms with Crippen molar-refractivity contribution < 1.29 is 8.54 Å². The highest BCUT2D eigenvalue weighted by Gasteiger charge is 2.35. The lowest BCUT2D eigenvalue weighted by Crippen LogP contribution is -2.45. The van der Waals surface area contributed by atoms with Gasteiger partial charge in [0.1, 0.15) is 0 Å². The van der Waals surface area contributed by atoms with Gasteiger partial charge in [-0.3, -0.25) is 0 Å². The zero-order valence-corrected chi connectivity index (χ0v) is 10.7. The summed E-state index contributed by atoms with van der Waals surface area (Å²) in [5.41, 5.74) is 3.64. The van der Waals surface area contributed by atoms with Crippen LogP contribution in [0.15, 0.2) is 37.4 Å². The molecule has 13 heavy (non-hydrogen) atoms. The van der Waals surface area contributed by atoms with Gasteiger partial charge in [-0.05, 0) is 25.3 Å². The quantitative estimate of drug-likeness (QED) is 0.500. The highest BCUT2D eigenvalue weighted by Crippen LogP contribution is 2.17. The normalized spacial score (nSPS) is 15.6. The van der Waals surface area contributed by atoms with Gasteiger partial charge in [-0.25, -0.2) is 0 Å². The van der Waals surface area contributed by atoms with Crippen LogP contribution in [-0.2, 0) is 8.54 Å². The molecular formula is C9H18O2Si2. The van der Waals surface area contributed by atoms with E-state index in [-0.39, 0.29) is 0 Å². The smallest absolute Gasteiger partial charge is 0.411 e. The van der Waals surface area contributed by atoms with E-state index in [9.17, 15) is 0 Å². The maximum atomic E-state index is 5.91. The van der Waals surface area contributed by atoms with Crippen molar-refractivity contribution in [2.75, 3.05) is 0 Å². The SMILES string of the molecule is C=CO[Si](C)(C=C)O[Si](C)(C)C=C. The Labute approximate surface area is 82.9 Å². The Hall–Kier alpha value is -0.586. The molecule has 0 radical (unpaired) electrons. The summed E-state index contributed by atoms with van der Waals surface area (Å²) in [7, 11) is -4.03. The summed E-state index contributed by atoms with van der Waals surface area (Å²) in [4.78, 5) is 0. The van der Waals surface area contributed by atoms with E-state index in [0.29, 0.717) is 0 Å². The fraction of sp³-hybridized carbons (Fsp3) is 0.333. The molecular weight excluding hydrogens is 196 g/mol. The lowest BCUT2D eigenvalue weighted by atomic mass is 11.2. The van der Waals surface area contributed by atoms with Crippen LogP contribution >= 0.6 is 0 Å². The van der Waals surface area contributed by atoms with Crippen LogP contribution in [0.3, 0.4) is 0 Å². The molecule has 74 valence electrons. The van der Waals surface area contributed by atoms with E-state index < -0.39 is 16.9 Å². The van der Waals surface area contributed by atoms with Crippen LogP contribution in [0, 0.1) is 0 Å². The van der Waals surface area contributed by atoms with Crippen molar-refractivity contribution in [3.05, 3.63) is 37.4 Å². The van der Waals surface area contributed by atoms with Gasteiger partial charge in [0, 0.05) is 0 Å². The van der Waals surface area contributed by atoms with Crippen molar-refractivity contribution >= 4 is 16.9 Å². The standard InChI is InChI=1S/C9H18O2Si2/c1-7-10-13(6,9-3)11-12(4,5)8-2/h7-9H,1-3H2,4-6H3. The minimum atomic E-state index is -2.24. The summed E-state index contributed by atoms with van der Waals surface area (Å²) in [6, 6.07) is 0. The summed E-state index contributed by atoms with van der Waals surface area (Å²) in [6.45, 7) is 17.1. The third-order valence-corrected chi connectivity index (χ3v) is 7.73. The van der Waals surface area contributed by atoms with Crippen molar-refractivity contribution in [2.24, 2.45) is 0 Å². The van der Waals surface area contributed by atoms with E-state index in [1.54, 1.807) is 5.70 Å². The van der Waals surface area contributed by atoms with Gasteiger partial charge in [0.15, 0.2) is 0 Å². The molecule has 1 unspecified atom stereocenters. The van der Waals surface area contributed by atoms with Gasteiger partial charge < -0.3 is 8.54 Å². The van der Waals surface area contributed by atoms with E-state index >= 15 is 0 Å². The van der Waals surface area contributed by atoms with E-state index in [1.165, 1.54) is 6.26 Å². The van der Waals surface area contributed by atoms with E-state index in [4.69, 9.17) is 8.54 Å². The summed E-state index contributed by atoms with van der Waals surface area (Å²) >= 11 is 0. The second kappa shape index (κ2) is 4.59. The zero-order valence-electron chi connectivity index (χ0n) is 8.67. The number of hydrogen-bond donors (Lipinski definition) is 0. The van der Waals surface area contributed by atoms with Crippen LogP contribution in [0.4, 0.5) is 0 Å². The largest absolute Gasteiger partial charge is 0.525 e. The predicted molar refractivity (Wildman–Crippen MR) is 61.9 cm³/mol. The minimum Gasteiger partial charge on any atom is -0.525 e. The van der Waals surface area contributed by atoms with Crippen LogP contribution in [0.5, 0.6) is 0 Å². The first-order chi connectivity index (χ1) is 5.89. The molecule has 0 heterocycles. The Morgan fingerprint density at radius 1 is 1.00 bits per heavy atom. The van der Waals surface area contributed by atoms with Crippen molar-refractivity contribution in [3.63, 3.8) is 0 Å². The topological polar surface area (TPSA) is 18.5 Å². The van der Waals surface area contributed by atoms with Crippen LogP contribution in [0.1, 0.15) is 0 Å². The molecule has 0 amide bonds. The molecule has 0 spiro atoms. The van der Waals surface area contributed by atoms with Crippen molar-refractivity contribution in [2.45, 2.75) is 19.6 Å². The molecule has 0 saturated carbocycles. The summed E-state index contributed by atoms with van der Waals surface area (Å²) < 4.78 is 11.3. The van der Waals surface area contributed by atoms with Gasteiger partial charge in [-0.2, -0.15) is 0 Å². The van der Waals surface area contributed by atoms with Gasteiger partial charge in [0.2, 0.25) is 8.32 Å². The molecule has 0 N–H and O–H groups in total. The fourth-order valence-electron chi connectivity index (χ4n) is 0.843. The lowest BCUT2D eigenvalue weighted by Gasteiger charge is -2.30. The maximum absolute atomic E-state index is 5.91. The van der Waals surface area contributed by atoms with Gasteiger partial charge in [-0.15, -0.1) is 13.2 Å². The highest BCUT2D eigenvalue weighted by molar-refractivity contribution is 6.87. The zero-order chi connectivity index (χ0) is 10.5. The van der Waals surface area contributed by atoms with E-state index in [2.05, 4.69) is 32.8 Å². The van der Waals surface area contributed by atoms with Crippen LogP contribution in [0.2, 0.25) is 19.6 Å². The Bertz CT molecular complexity index is 214. The molecule has 0 aliphatic heterocycles. The predicted octanol–water partition coefficient (Wildman–Crippen LogP) is 2.89. The Morgan fingerprint density at radius 3 is 1.85 bits per heavy atom. The van der Waals surface area contributed by atoms with Gasteiger partial charge in [-0.1, -0.05) is 12.3 Å². The maximum Gasteiger partial charge on any atom is 0.411 e. The molecule has 0 aliphatic rings. The average molecular weight is 214 g/mol. The first kappa shape index (κ1) is 12.4. The molecule has 1 atom stereocenters. The first-order valence-electron chi connectivity index (χ1n) is 4.15. The fourth-order valence-corrected chi connectivity index (χ4v) is 6.31. The molecule has 0 aliphatic carbocycles. The third kappa shape index (κ3) is 4.26. The molecule has 4 heteroatoms. The number of rotatable bonds is 6. The van der Waals surface area contributed by atoms with Crippen molar-refractivity contribution in [1.82, 2.24) is 0 Å². The average Bonchev–Trinajstić information content (AvgIpc) is 2.04. The molecule has 0 fully saturated rings. The van der Waals surface area contributed by atoms with Crippen LogP contribution in [0.25, 0.3) is 0 Å². The van der Waals surface area contributed by atoms with Gasteiger partial charge in [0.25, 0.3) is 0 Å². The van der Waals surface area contributed by atoms with Crippen molar-refractivity contribution in [1.29, 1.82) is 0 Å². The second-order valence-electron chi connectivity index (χ2n) is 3.41. The molecule has 0 bridgehead atoms. The number of hydrogen-bond acceptors (Lipinski definition) is 2. The Balaban J connectivity index is 4.51. The molecule has 0 aromatic heterocycles. The Morgan fingerprint density at radius 2 is 1.54 bits per heavy atom. The van der Waals surface area contributed by atoms with Crippen molar-refractivity contribution in [3.8, 4) is 0 Å². The second-order valence-corrected chi connectivity index (χ2v) is 10.5. The first-order valence-corrected chi connectivity index (χ1v) is 9.53. The van der Waals surface area contributed by atoms with Crippen LogP contribution in [-0.4, -0.2) is 16.9 Å². The van der Waals surface area contributed by atoms with E-state index in [1.807, 2.05) is 12.2 Å². The molecule has 2 nitrogen and oxygen atoms in total. The lowest BCUT2D eigenvalue weighted by molar-refractivity contribution is 0.363. The summed E-state index contributed by atoms with van der Waals surface area (Å²) in [6.07, 6.45) is 1.42. The monoisotopic (exact) mass is 214 g/mol. The van der Waals surface area contributed by atoms with Gasteiger partial charge >= 0.3 is 8.56 Å². The van der Waals surface area contributed by atoms with E-state index in [0.717, 1.165) is 0 Å². The van der Waals surface area contributed by atoms with Gasteiger partial charge in [0.05, 0.1) is 6.26 Å². The van der Waals surface area contributed by atoms with Crippen LogP contribution < -0.4 is 0 Å². The molecule has 0 aromatic carbocycles. The Kier molecular flexibility index (Phi) is 4.39. The molecule has 0 aromatic rings. The highest BCUT2D eigenvalue weighted by atomic mass is 28.4. The summed E-state index contributed by atoms with van der Waals surface area (Å²) in [5.74, 6) is 0. The molecule has 0 rings (SSSR count).